The second-order valence-corrected chi connectivity index (χ2v) is 4.97. The predicted octanol–water partition coefficient (Wildman–Crippen LogP) is 3.88. The average molecular weight is 257 g/mol. The molecular formula is C13H14ClFO2. The van der Waals surface area contributed by atoms with Gasteiger partial charge in [-0.1, -0.05) is 30.2 Å². The van der Waals surface area contributed by atoms with Crippen molar-refractivity contribution in [2.45, 2.75) is 37.8 Å². The van der Waals surface area contributed by atoms with Crippen LogP contribution in [-0.4, -0.2) is 11.1 Å². The van der Waals surface area contributed by atoms with Crippen molar-refractivity contribution in [2.75, 3.05) is 0 Å². The number of benzene rings is 1. The van der Waals surface area contributed by atoms with Gasteiger partial charge in [0.2, 0.25) is 0 Å². The average Bonchev–Trinajstić information content (AvgIpc) is 2.14. The molecule has 1 N–H and O–H groups in total. The van der Waals surface area contributed by atoms with Crippen LogP contribution >= 0.6 is 11.6 Å². The zero-order valence-corrected chi connectivity index (χ0v) is 10.3. The molecule has 0 aromatic heterocycles. The third-order valence-electron chi connectivity index (χ3n) is 3.58. The van der Waals surface area contributed by atoms with Gasteiger partial charge in [-0.15, -0.1) is 0 Å². The number of aliphatic carboxylic acids is 1. The summed E-state index contributed by atoms with van der Waals surface area (Å²) in [5.74, 6) is -0.882. The zero-order valence-electron chi connectivity index (χ0n) is 9.54. The van der Waals surface area contributed by atoms with Gasteiger partial charge in [-0.25, -0.2) is 4.39 Å². The summed E-state index contributed by atoms with van der Waals surface area (Å²) in [6.45, 7) is 1.39. The van der Waals surface area contributed by atoms with E-state index in [1.807, 2.05) is 0 Å². The highest BCUT2D eigenvalue weighted by atomic mass is 35.5. The van der Waals surface area contributed by atoms with E-state index >= 15 is 0 Å². The summed E-state index contributed by atoms with van der Waals surface area (Å²) in [6, 6.07) is 4.97. The normalized spacial score (nSPS) is 19.5. The molecule has 1 aliphatic carbocycles. The highest BCUT2D eigenvalue weighted by Crippen LogP contribution is 2.48. The van der Waals surface area contributed by atoms with Gasteiger partial charge >= 0.3 is 5.97 Å². The summed E-state index contributed by atoms with van der Waals surface area (Å²) in [4.78, 5) is 11.4. The lowest BCUT2D eigenvalue weighted by Gasteiger charge is -2.39. The first-order valence-corrected chi connectivity index (χ1v) is 6.03. The molecular weight excluding hydrogens is 243 g/mol. The Bertz CT molecular complexity index is 453. The summed E-state index contributed by atoms with van der Waals surface area (Å²) in [5, 5.41) is 9.68. The molecule has 4 heteroatoms. The quantitative estimate of drug-likeness (QED) is 0.891. The molecule has 0 heterocycles. The number of carboxylic acids is 1. The van der Waals surface area contributed by atoms with Crippen molar-refractivity contribution in [2.24, 2.45) is 0 Å². The first-order chi connectivity index (χ1) is 7.99. The summed E-state index contributed by atoms with van der Waals surface area (Å²) in [6.07, 6.45) is 0.722. The van der Waals surface area contributed by atoms with Gasteiger partial charge in [0.25, 0.3) is 0 Å². The largest absolute Gasteiger partial charge is 0.481 e. The van der Waals surface area contributed by atoms with Crippen LogP contribution in [0.15, 0.2) is 18.2 Å². The first-order valence-electron chi connectivity index (χ1n) is 5.65. The molecule has 1 fully saturated rings. The van der Waals surface area contributed by atoms with Crippen LogP contribution in [0.2, 0.25) is 5.02 Å². The maximum Gasteiger partial charge on any atom is 0.314 e. The van der Waals surface area contributed by atoms with E-state index in [1.54, 1.807) is 18.2 Å². The smallest absolute Gasteiger partial charge is 0.314 e. The van der Waals surface area contributed by atoms with E-state index in [1.165, 1.54) is 6.92 Å². The van der Waals surface area contributed by atoms with E-state index < -0.39 is 17.6 Å². The lowest BCUT2D eigenvalue weighted by atomic mass is 9.63. The molecule has 0 amide bonds. The fourth-order valence-electron chi connectivity index (χ4n) is 2.49. The number of alkyl halides is 1. The Kier molecular flexibility index (Phi) is 3.13. The second kappa shape index (κ2) is 4.30. The molecule has 2 rings (SSSR count). The molecule has 1 atom stereocenters. The molecule has 1 aromatic carbocycles. The number of carbonyl (C=O) groups is 1. The van der Waals surface area contributed by atoms with E-state index in [4.69, 9.17) is 11.6 Å². The van der Waals surface area contributed by atoms with Gasteiger partial charge in [-0.3, -0.25) is 4.79 Å². The van der Waals surface area contributed by atoms with Crippen molar-refractivity contribution < 1.29 is 14.3 Å². The molecule has 0 bridgehead atoms. The monoisotopic (exact) mass is 256 g/mol. The minimum atomic E-state index is -1.25. The van der Waals surface area contributed by atoms with E-state index in [2.05, 4.69) is 0 Å². The summed E-state index contributed by atoms with van der Waals surface area (Å²) in [7, 11) is 0. The number of rotatable bonds is 3. The Morgan fingerprint density at radius 2 is 2.18 bits per heavy atom. The van der Waals surface area contributed by atoms with Gasteiger partial charge in [-0.2, -0.15) is 0 Å². The highest BCUT2D eigenvalue weighted by molar-refractivity contribution is 6.31. The van der Waals surface area contributed by atoms with Crippen LogP contribution < -0.4 is 0 Å². The summed E-state index contributed by atoms with van der Waals surface area (Å²) < 4.78 is 13.6. The Hall–Kier alpha value is -1.09. The van der Waals surface area contributed by atoms with Gasteiger partial charge in [0.1, 0.15) is 6.17 Å². The lowest BCUT2D eigenvalue weighted by molar-refractivity contribution is -0.147. The molecule has 17 heavy (non-hydrogen) atoms. The third kappa shape index (κ3) is 1.82. The summed E-state index contributed by atoms with van der Waals surface area (Å²) >= 11 is 5.98. The van der Waals surface area contributed by atoms with Crippen LogP contribution in [0.1, 0.15) is 43.5 Å². The molecule has 1 saturated carbocycles. The lowest BCUT2D eigenvalue weighted by Crippen LogP contribution is -2.43. The third-order valence-corrected chi connectivity index (χ3v) is 3.91. The van der Waals surface area contributed by atoms with Crippen molar-refractivity contribution in [1.82, 2.24) is 0 Å². The van der Waals surface area contributed by atoms with Crippen molar-refractivity contribution >= 4 is 17.6 Å². The van der Waals surface area contributed by atoms with Gasteiger partial charge in [-0.05, 0) is 31.4 Å². The molecule has 1 unspecified atom stereocenters. The van der Waals surface area contributed by atoms with Gasteiger partial charge < -0.3 is 5.11 Å². The fourth-order valence-corrected chi connectivity index (χ4v) is 2.81. The number of carboxylic acid groups (broad SMARTS) is 1. The predicted molar refractivity (Wildman–Crippen MR) is 64.1 cm³/mol. The number of hydrogen-bond acceptors (Lipinski definition) is 1. The molecule has 0 spiro atoms. The van der Waals surface area contributed by atoms with Crippen LogP contribution in [-0.2, 0) is 10.2 Å². The van der Waals surface area contributed by atoms with Crippen LogP contribution in [0.3, 0.4) is 0 Å². The second-order valence-electron chi connectivity index (χ2n) is 4.56. The van der Waals surface area contributed by atoms with Crippen LogP contribution in [0.5, 0.6) is 0 Å². The van der Waals surface area contributed by atoms with Gasteiger partial charge in [0.05, 0.1) is 5.41 Å². The van der Waals surface area contributed by atoms with Gasteiger partial charge in [0.15, 0.2) is 0 Å². The minimum absolute atomic E-state index is 0.310. The van der Waals surface area contributed by atoms with Crippen molar-refractivity contribution in [3.8, 4) is 0 Å². The number of hydrogen-bond donors (Lipinski definition) is 1. The highest BCUT2D eigenvalue weighted by Gasteiger charge is 2.47. The molecule has 1 aromatic rings. The molecule has 1 aliphatic rings. The fraction of sp³-hybridized carbons (Fsp3) is 0.462. The molecule has 2 nitrogen and oxygen atoms in total. The summed E-state index contributed by atoms with van der Waals surface area (Å²) in [5.41, 5.74) is -0.0596. The molecule has 0 aliphatic heterocycles. The molecule has 0 saturated heterocycles. The van der Waals surface area contributed by atoms with Crippen molar-refractivity contribution in [1.29, 1.82) is 0 Å². The van der Waals surface area contributed by atoms with Crippen LogP contribution in [0.4, 0.5) is 4.39 Å². The van der Waals surface area contributed by atoms with E-state index in [-0.39, 0.29) is 0 Å². The Balaban J connectivity index is 2.59. The van der Waals surface area contributed by atoms with Crippen LogP contribution in [0, 0.1) is 0 Å². The van der Waals surface area contributed by atoms with Crippen molar-refractivity contribution in [3.63, 3.8) is 0 Å². The standard InChI is InChI=1S/C13H14ClFO2/c1-8(15)11-9(4-2-5-10(11)14)13(12(16)17)6-3-7-13/h2,4-5,8H,3,6-7H2,1H3,(H,16,17). The van der Waals surface area contributed by atoms with Gasteiger partial charge in [0, 0.05) is 10.6 Å². The maximum absolute atomic E-state index is 13.6. The Morgan fingerprint density at radius 1 is 1.53 bits per heavy atom. The van der Waals surface area contributed by atoms with E-state index in [0.717, 1.165) is 6.42 Å². The van der Waals surface area contributed by atoms with Crippen molar-refractivity contribution in [3.05, 3.63) is 34.3 Å². The Morgan fingerprint density at radius 3 is 2.59 bits per heavy atom. The van der Waals surface area contributed by atoms with E-state index in [9.17, 15) is 14.3 Å². The maximum atomic E-state index is 13.6. The minimum Gasteiger partial charge on any atom is -0.481 e. The molecule has 92 valence electrons. The Labute approximate surface area is 104 Å². The SMILES string of the molecule is CC(F)c1c(Cl)cccc1C1(C(=O)O)CCC1. The molecule has 0 radical (unpaired) electrons. The zero-order chi connectivity index (χ0) is 12.6. The number of halogens is 2. The topological polar surface area (TPSA) is 37.3 Å². The van der Waals surface area contributed by atoms with Crippen LogP contribution in [0.25, 0.3) is 0 Å². The first kappa shape index (κ1) is 12.4. The van der Waals surface area contributed by atoms with E-state index in [0.29, 0.717) is 29.0 Å².